The number of fused-ring (bicyclic) bond motifs is 4. The fraction of sp³-hybridized carbons (Fsp3) is 0.231. The molecule has 0 radical (unpaired) electrons. The zero-order valence-corrected chi connectivity index (χ0v) is 17.2. The lowest BCUT2D eigenvalue weighted by molar-refractivity contribution is 0.670. The highest BCUT2D eigenvalue weighted by Crippen LogP contribution is 2.26. The number of allylic oxidation sites excluding steroid dienone is 12. The summed E-state index contributed by atoms with van der Waals surface area (Å²) in [5.74, 6) is 0. The van der Waals surface area contributed by atoms with E-state index in [4.69, 9.17) is 15.0 Å². The van der Waals surface area contributed by atoms with Crippen molar-refractivity contribution >= 4 is 22.8 Å². The van der Waals surface area contributed by atoms with E-state index < -0.39 is 0 Å². The molecule has 0 aliphatic carbocycles. The molecule has 8 bridgehead atoms. The van der Waals surface area contributed by atoms with Crippen LogP contribution in [0, 0.1) is 0 Å². The smallest absolute Gasteiger partial charge is 0.0691 e. The number of hydrogen-bond acceptors (Lipinski definition) is 4. The molecule has 5 heterocycles. The second kappa shape index (κ2) is 8.15. The summed E-state index contributed by atoms with van der Waals surface area (Å²) >= 11 is 0. The quantitative estimate of drug-likeness (QED) is 0.522. The van der Waals surface area contributed by atoms with Crippen LogP contribution in [0.15, 0.2) is 115 Å². The first-order chi connectivity index (χ1) is 14.7. The first kappa shape index (κ1) is 18.6. The van der Waals surface area contributed by atoms with Gasteiger partial charge in [-0.3, -0.25) is 0 Å². The van der Waals surface area contributed by atoms with Gasteiger partial charge >= 0.3 is 0 Å². The number of unbranched alkanes of at least 4 members (excludes halogenated alkanes) is 3. The summed E-state index contributed by atoms with van der Waals surface area (Å²) in [6, 6.07) is 0. The number of rotatable bonds is 5. The van der Waals surface area contributed by atoms with E-state index >= 15 is 0 Å². The summed E-state index contributed by atoms with van der Waals surface area (Å²) in [4.78, 5) is 19.0. The van der Waals surface area contributed by atoms with Crippen molar-refractivity contribution in [3.05, 3.63) is 95.2 Å². The summed E-state index contributed by atoms with van der Waals surface area (Å²) in [7, 11) is 0. The van der Waals surface area contributed by atoms with Crippen LogP contribution >= 0.6 is 0 Å². The van der Waals surface area contributed by atoms with Crippen molar-refractivity contribution in [2.45, 2.75) is 39.0 Å². The highest BCUT2D eigenvalue weighted by molar-refractivity contribution is 6.16. The first-order valence-electron chi connectivity index (χ1n) is 10.7. The van der Waals surface area contributed by atoms with Crippen LogP contribution in [0.3, 0.4) is 0 Å². The number of aliphatic imine (C=N–C) groups is 4. The van der Waals surface area contributed by atoms with Crippen LogP contribution in [0.1, 0.15) is 39.0 Å². The van der Waals surface area contributed by atoms with E-state index in [2.05, 4.69) is 30.1 Å². The lowest BCUT2D eigenvalue weighted by Crippen LogP contribution is -1.97. The van der Waals surface area contributed by atoms with Gasteiger partial charge in [0, 0.05) is 0 Å². The van der Waals surface area contributed by atoms with Crippen LogP contribution in [0.25, 0.3) is 0 Å². The van der Waals surface area contributed by atoms with Crippen molar-refractivity contribution in [1.29, 1.82) is 0 Å². The summed E-state index contributed by atoms with van der Waals surface area (Å²) in [5, 5.41) is 0. The molecule has 4 heteroatoms. The van der Waals surface area contributed by atoms with Crippen molar-refractivity contribution in [2.75, 3.05) is 0 Å². The number of hydrogen-bond donors (Lipinski definition) is 0. The maximum absolute atomic E-state index is 4.89. The van der Waals surface area contributed by atoms with Gasteiger partial charge in [-0.1, -0.05) is 26.2 Å². The third kappa shape index (κ3) is 4.13. The van der Waals surface area contributed by atoms with Crippen molar-refractivity contribution < 1.29 is 0 Å². The molecule has 0 atom stereocenters. The van der Waals surface area contributed by atoms with Gasteiger partial charge in [-0.15, -0.1) is 0 Å². The van der Waals surface area contributed by atoms with Gasteiger partial charge in [0.2, 0.25) is 0 Å². The highest BCUT2D eigenvalue weighted by atomic mass is 14.8. The summed E-state index contributed by atoms with van der Waals surface area (Å²) in [5.41, 5.74) is 8.73. The largest absolute Gasteiger partial charge is 0.249 e. The van der Waals surface area contributed by atoms with E-state index in [1.807, 2.05) is 48.6 Å². The van der Waals surface area contributed by atoms with Crippen LogP contribution in [-0.2, 0) is 0 Å². The number of nitrogens with zero attached hydrogens (tertiary/aromatic N) is 4. The molecule has 5 aliphatic rings. The maximum atomic E-state index is 4.89. The predicted molar refractivity (Wildman–Crippen MR) is 126 cm³/mol. The first-order valence-corrected chi connectivity index (χ1v) is 10.7. The van der Waals surface area contributed by atoms with E-state index in [1.54, 1.807) is 0 Å². The van der Waals surface area contributed by atoms with Gasteiger partial charge in [-0.2, -0.15) is 0 Å². The fourth-order valence-electron chi connectivity index (χ4n) is 3.90. The topological polar surface area (TPSA) is 49.4 Å². The van der Waals surface area contributed by atoms with Crippen molar-refractivity contribution in [3.63, 3.8) is 0 Å². The minimum Gasteiger partial charge on any atom is -0.249 e. The molecule has 0 aromatic heterocycles. The monoisotopic (exact) mass is 392 g/mol. The summed E-state index contributed by atoms with van der Waals surface area (Å²) in [6.45, 7) is 2.24. The molecule has 0 spiro atoms. The van der Waals surface area contributed by atoms with Gasteiger partial charge in [-0.05, 0) is 85.3 Å². The standard InChI is InChI=1S/C26H24N4/c1-2-3-4-5-6-18-13-25-16-23-10-9-21(28-23)14-19-7-8-20(27-19)15-22-11-12-24(29-22)17-26(18)30-25/h7-17H,2-6H2,1H3. The molecule has 30 heavy (non-hydrogen) atoms. The molecule has 0 amide bonds. The van der Waals surface area contributed by atoms with Crippen molar-refractivity contribution in [3.8, 4) is 0 Å². The van der Waals surface area contributed by atoms with Crippen LogP contribution in [0.2, 0.25) is 0 Å². The molecule has 5 aliphatic heterocycles. The average molecular weight is 393 g/mol. The molecule has 148 valence electrons. The summed E-state index contributed by atoms with van der Waals surface area (Å²) in [6.07, 6.45) is 28.5. The molecule has 5 rings (SSSR count). The third-order valence-corrected chi connectivity index (χ3v) is 5.42. The molecule has 0 aromatic carbocycles. The maximum Gasteiger partial charge on any atom is 0.0691 e. The van der Waals surface area contributed by atoms with E-state index in [0.717, 1.165) is 52.1 Å². The van der Waals surface area contributed by atoms with Crippen LogP contribution in [-0.4, -0.2) is 22.8 Å². The molecule has 0 fully saturated rings. The van der Waals surface area contributed by atoms with Crippen LogP contribution < -0.4 is 0 Å². The van der Waals surface area contributed by atoms with Crippen molar-refractivity contribution in [2.24, 2.45) is 20.0 Å². The fourth-order valence-corrected chi connectivity index (χ4v) is 3.90. The Bertz CT molecular complexity index is 1150. The van der Waals surface area contributed by atoms with E-state index in [-0.39, 0.29) is 0 Å². The van der Waals surface area contributed by atoms with E-state index in [1.165, 1.54) is 31.3 Å². The normalized spacial score (nSPS) is 20.9. The lowest BCUT2D eigenvalue weighted by Gasteiger charge is -2.03. The van der Waals surface area contributed by atoms with Crippen LogP contribution in [0.4, 0.5) is 0 Å². The Balaban J connectivity index is 1.52. The Labute approximate surface area is 177 Å². The molecular weight excluding hydrogens is 368 g/mol. The Morgan fingerprint density at radius 2 is 1.10 bits per heavy atom. The average Bonchev–Trinajstić information content (AvgIpc) is 3.51. The molecule has 0 N–H and O–H groups in total. The second-order valence-corrected chi connectivity index (χ2v) is 7.86. The zero-order valence-electron chi connectivity index (χ0n) is 17.2. The molecule has 0 unspecified atom stereocenters. The van der Waals surface area contributed by atoms with Gasteiger partial charge in [0.25, 0.3) is 0 Å². The predicted octanol–water partition coefficient (Wildman–Crippen LogP) is 5.92. The van der Waals surface area contributed by atoms with E-state index in [0.29, 0.717) is 0 Å². The second-order valence-electron chi connectivity index (χ2n) is 7.86. The van der Waals surface area contributed by atoms with Gasteiger partial charge < -0.3 is 0 Å². The van der Waals surface area contributed by atoms with Gasteiger partial charge in [0.05, 0.1) is 45.6 Å². The van der Waals surface area contributed by atoms with Gasteiger partial charge in [0.1, 0.15) is 0 Å². The van der Waals surface area contributed by atoms with Gasteiger partial charge in [0.15, 0.2) is 0 Å². The summed E-state index contributed by atoms with van der Waals surface area (Å²) < 4.78 is 0. The van der Waals surface area contributed by atoms with Gasteiger partial charge in [-0.25, -0.2) is 20.0 Å². The highest BCUT2D eigenvalue weighted by Gasteiger charge is 2.16. The zero-order chi connectivity index (χ0) is 20.3. The molecule has 0 saturated carbocycles. The van der Waals surface area contributed by atoms with E-state index in [9.17, 15) is 0 Å². The molecule has 4 nitrogen and oxygen atoms in total. The Morgan fingerprint density at radius 1 is 0.533 bits per heavy atom. The molecule has 0 saturated heterocycles. The Hall–Kier alpha value is -3.40. The minimum absolute atomic E-state index is 0.902. The SMILES string of the molecule is CCCCCCC1=CC2=CC3=NC(=CC4=NC(=CC5=NC(=CC1=N2)C=C5)C=C4)C=C3. The Kier molecular flexibility index (Phi) is 5.06. The lowest BCUT2D eigenvalue weighted by atomic mass is 10.0. The van der Waals surface area contributed by atoms with Crippen molar-refractivity contribution in [1.82, 2.24) is 0 Å². The molecular formula is C26H24N4. The Morgan fingerprint density at radius 3 is 1.70 bits per heavy atom. The third-order valence-electron chi connectivity index (χ3n) is 5.42. The molecule has 0 aromatic rings. The minimum atomic E-state index is 0.902. The van der Waals surface area contributed by atoms with Crippen LogP contribution in [0.5, 0.6) is 0 Å².